The third-order valence-electron chi connectivity index (χ3n) is 4.80. The molecule has 130 valence electrons. The molecule has 4 nitrogen and oxygen atoms in total. The first-order valence-electron chi connectivity index (χ1n) is 8.58. The van der Waals surface area contributed by atoms with Crippen molar-refractivity contribution in [3.8, 4) is 0 Å². The number of halogens is 1. The first kappa shape index (κ1) is 17.8. The molecule has 0 radical (unpaired) electrons. The van der Waals surface area contributed by atoms with Crippen LogP contribution in [-0.2, 0) is 9.59 Å². The van der Waals surface area contributed by atoms with Gasteiger partial charge >= 0.3 is 0 Å². The fraction of sp³-hybridized carbons (Fsp3) is 0.556. The SMILES string of the molecule is O=C(CCSc1ccc(Br)cc1)N1CCN(C(=O)C2CCC2)CC1. The monoisotopic (exact) mass is 410 g/mol. The van der Waals surface area contributed by atoms with Gasteiger partial charge in [-0.15, -0.1) is 11.8 Å². The minimum atomic E-state index is 0.204. The summed E-state index contributed by atoms with van der Waals surface area (Å²) in [5.41, 5.74) is 0. The van der Waals surface area contributed by atoms with E-state index in [0.29, 0.717) is 38.5 Å². The van der Waals surface area contributed by atoms with Gasteiger partial charge in [-0.2, -0.15) is 0 Å². The lowest BCUT2D eigenvalue weighted by molar-refractivity contribution is -0.143. The van der Waals surface area contributed by atoms with Crippen molar-refractivity contribution < 1.29 is 9.59 Å². The zero-order valence-corrected chi connectivity index (χ0v) is 16.2. The van der Waals surface area contributed by atoms with Crippen LogP contribution < -0.4 is 0 Å². The first-order valence-corrected chi connectivity index (χ1v) is 10.4. The van der Waals surface area contributed by atoms with E-state index in [2.05, 4.69) is 28.1 Å². The molecule has 2 amide bonds. The number of amides is 2. The number of carbonyl (C=O) groups excluding carboxylic acids is 2. The molecule has 2 fully saturated rings. The van der Waals surface area contributed by atoms with Gasteiger partial charge in [-0.3, -0.25) is 9.59 Å². The van der Waals surface area contributed by atoms with Crippen molar-refractivity contribution in [2.24, 2.45) is 5.92 Å². The second-order valence-electron chi connectivity index (χ2n) is 6.39. The number of piperazine rings is 1. The Balaban J connectivity index is 1.37. The maximum absolute atomic E-state index is 12.3. The molecule has 0 spiro atoms. The second kappa shape index (κ2) is 8.39. The Labute approximate surface area is 156 Å². The zero-order valence-electron chi connectivity index (χ0n) is 13.7. The Hall–Kier alpha value is -1.01. The number of thioether (sulfide) groups is 1. The third kappa shape index (κ3) is 4.54. The fourth-order valence-corrected chi connectivity index (χ4v) is 4.14. The van der Waals surface area contributed by atoms with Crippen LogP contribution >= 0.6 is 27.7 Å². The quantitative estimate of drug-likeness (QED) is 0.698. The summed E-state index contributed by atoms with van der Waals surface area (Å²) in [4.78, 5) is 29.6. The molecule has 24 heavy (non-hydrogen) atoms. The zero-order chi connectivity index (χ0) is 16.9. The number of rotatable bonds is 5. The van der Waals surface area contributed by atoms with E-state index in [1.54, 1.807) is 11.8 Å². The topological polar surface area (TPSA) is 40.6 Å². The van der Waals surface area contributed by atoms with Crippen LogP contribution in [0.3, 0.4) is 0 Å². The molecule has 0 bridgehead atoms. The summed E-state index contributed by atoms with van der Waals surface area (Å²) in [7, 11) is 0. The highest BCUT2D eigenvalue weighted by atomic mass is 79.9. The number of hydrogen-bond donors (Lipinski definition) is 0. The standard InChI is InChI=1S/C18H23BrN2O2S/c19-15-4-6-16(7-5-15)24-13-8-17(22)20-9-11-21(12-10-20)18(23)14-2-1-3-14/h4-7,14H,1-3,8-13H2. The lowest BCUT2D eigenvalue weighted by atomic mass is 9.84. The average molecular weight is 411 g/mol. The van der Waals surface area contributed by atoms with E-state index in [1.165, 1.54) is 11.3 Å². The molecule has 0 aromatic heterocycles. The largest absolute Gasteiger partial charge is 0.339 e. The Morgan fingerprint density at radius 1 is 1.04 bits per heavy atom. The van der Waals surface area contributed by atoms with Gasteiger partial charge in [0.05, 0.1) is 0 Å². The molecule has 0 atom stereocenters. The molecule has 1 aliphatic carbocycles. The Bertz CT molecular complexity index is 581. The van der Waals surface area contributed by atoms with Crippen molar-refractivity contribution in [1.29, 1.82) is 0 Å². The predicted octanol–water partition coefficient (Wildman–Crippen LogP) is 3.40. The molecule has 1 saturated carbocycles. The fourth-order valence-electron chi connectivity index (χ4n) is 3.03. The van der Waals surface area contributed by atoms with Crippen molar-refractivity contribution >= 4 is 39.5 Å². The summed E-state index contributed by atoms with van der Waals surface area (Å²) in [5.74, 6) is 1.56. The molecule has 1 saturated heterocycles. The van der Waals surface area contributed by atoms with Gasteiger partial charge in [0, 0.05) is 53.6 Å². The summed E-state index contributed by atoms with van der Waals surface area (Å²) in [6.45, 7) is 2.75. The summed E-state index contributed by atoms with van der Waals surface area (Å²) >= 11 is 5.13. The van der Waals surface area contributed by atoms with Crippen LogP contribution in [0.5, 0.6) is 0 Å². The van der Waals surface area contributed by atoms with Crippen LogP contribution in [0.25, 0.3) is 0 Å². The van der Waals surface area contributed by atoms with E-state index < -0.39 is 0 Å². The molecule has 1 aromatic rings. The van der Waals surface area contributed by atoms with Crippen molar-refractivity contribution in [2.75, 3.05) is 31.9 Å². The van der Waals surface area contributed by atoms with Crippen LogP contribution in [0.2, 0.25) is 0 Å². The van der Waals surface area contributed by atoms with Gasteiger partial charge < -0.3 is 9.80 Å². The summed E-state index contributed by atoms with van der Waals surface area (Å²) in [6.07, 6.45) is 3.83. The number of nitrogens with zero attached hydrogens (tertiary/aromatic N) is 2. The normalized spacial score (nSPS) is 18.4. The Morgan fingerprint density at radius 2 is 1.67 bits per heavy atom. The van der Waals surface area contributed by atoms with E-state index >= 15 is 0 Å². The van der Waals surface area contributed by atoms with Gasteiger partial charge in [0.25, 0.3) is 0 Å². The van der Waals surface area contributed by atoms with E-state index in [9.17, 15) is 9.59 Å². The Morgan fingerprint density at radius 3 is 2.25 bits per heavy atom. The van der Waals surface area contributed by atoms with Gasteiger partial charge in [0.1, 0.15) is 0 Å². The van der Waals surface area contributed by atoms with Crippen LogP contribution in [0.4, 0.5) is 0 Å². The predicted molar refractivity (Wildman–Crippen MR) is 100.0 cm³/mol. The van der Waals surface area contributed by atoms with Crippen molar-refractivity contribution in [3.05, 3.63) is 28.7 Å². The van der Waals surface area contributed by atoms with Gasteiger partial charge in [0.2, 0.25) is 11.8 Å². The second-order valence-corrected chi connectivity index (χ2v) is 8.47. The smallest absolute Gasteiger partial charge is 0.225 e. The highest BCUT2D eigenvalue weighted by Crippen LogP contribution is 2.28. The first-order chi connectivity index (χ1) is 11.6. The average Bonchev–Trinajstić information content (AvgIpc) is 2.55. The van der Waals surface area contributed by atoms with Crippen LogP contribution in [0, 0.1) is 5.92 Å². The van der Waals surface area contributed by atoms with Gasteiger partial charge in [-0.25, -0.2) is 0 Å². The molecule has 0 unspecified atom stereocenters. The highest BCUT2D eigenvalue weighted by molar-refractivity contribution is 9.10. The van der Waals surface area contributed by atoms with E-state index in [0.717, 1.165) is 23.1 Å². The van der Waals surface area contributed by atoms with Crippen molar-refractivity contribution in [2.45, 2.75) is 30.6 Å². The maximum atomic E-state index is 12.3. The molecule has 2 aliphatic rings. The van der Waals surface area contributed by atoms with Crippen LogP contribution in [0.15, 0.2) is 33.6 Å². The molecule has 1 heterocycles. The molecule has 1 aliphatic heterocycles. The number of carbonyl (C=O) groups is 2. The number of benzene rings is 1. The van der Waals surface area contributed by atoms with E-state index in [-0.39, 0.29) is 11.8 Å². The summed E-state index contributed by atoms with van der Waals surface area (Å²) in [6, 6.07) is 8.15. The maximum Gasteiger partial charge on any atom is 0.225 e. The van der Waals surface area contributed by atoms with Gasteiger partial charge in [-0.05, 0) is 37.1 Å². The van der Waals surface area contributed by atoms with Gasteiger partial charge in [-0.1, -0.05) is 22.4 Å². The minimum Gasteiger partial charge on any atom is -0.339 e. The highest BCUT2D eigenvalue weighted by Gasteiger charge is 2.31. The lowest BCUT2D eigenvalue weighted by Gasteiger charge is -2.38. The third-order valence-corrected chi connectivity index (χ3v) is 6.34. The summed E-state index contributed by atoms with van der Waals surface area (Å²) < 4.78 is 1.07. The molecular formula is C18H23BrN2O2S. The molecule has 3 rings (SSSR count). The number of hydrogen-bond acceptors (Lipinski definition) is 3. The molecular weight excluding hydrogens is 388 g/mol. The van der Waals surface area contributed by atoms with Crippen LogP contribution in [0.1, 0.15) is 25.7 Å². The summed E-state index contributed by atoms with van der Waals surface area (Å²) in [5, 5.41) is 0. The van der Waals surface area contributed by atoms with Gasteiger partial charge in [0.15, 0.2) is 0 Å². The van der Waals surface area contributed by atoms with Crippen molar-refractivity contribution in [3.63, 3.8) is 0 Å². The minimum absolute atomic E-state index is 0.204. The Kier molecular flexibility index (Phi) is 6.22. The lowest BCUT2D eigenvalue weighted by Crippen LogP contribution is -2.52. The molecule has 0 N–H and O–H groups in total. The van der Waals surface area contributed by atoms with E-state index in [4.69, 9.17) is 0 Å². The molecule has 6 heteroatoms. The molecule has 1 aromatic carbocycles. The van der Waals surface area contributed by atoms with Crippen LogP contribution in [-0.4, -0.2) is 53.5 Å². The van der Waals surface area contributed by atoms with Crippen molar-refractivity contribution in [1.82, 2.24) is 9.80 Å². The van der Waals surface area contributed by atoms with E-state index in [1.807, 2.05) is 21.9 Å².